The fraction of sp³-hybridized carbons (Fsp3) is 0. The van der Waals surface area contributed by atoms with Crippen molar-refractivity contribution in [3.63, 3.8) is 0 Å². The Labute approximate surface area is 119 Å². The molecule has 2 aromatic carbocycles. The van der Waals surface area contributed by atoms with Crippen molar-refractivity contribution < 1.29 is 8.78 Å². The Morgan fingerprint density at radius 3 is 2.76 bits per heavy atom. The van der Waals surface area contributed by atoms with E-state index in [1.54, 1.807) is 6.20 Å². The number of fused-ring (bicyclic) bond motifs is 1. The Balaban J connectivity index is 1.83. The maximum absolute atomic E-state index is 13.1. The predicted molar refractivity (Wildman–Crippen MR) is 77.1 cm³/mol. The second-order valence-electron chi connectivity index (χ2n) is 4.32. The third kappa shape index (κ3) is 2.84. The fourth-order valence-electron chi connectivity index (χ4n) is 1.87. The van der Waals surface area contributed by atoms with Crippen LogP contribution in [0.15, 0.2) is 53.8 Å². The number of aromatic nitrogens is 2. The van der Waals surface area contributed by atoms with Gasteiger partial charge < -0.3 is 0 Å². The molecule has 0 atom stereocenters. The molecule has 4 nitrogen and oxygen atoms in total. The van der Waals surface area contributed by atoms with E-state index in [0.717, 1.165) is 22.9 Å². The van der Waals surface area contributed by atoms with Crippen LogP contribution in [0.1, 0.15) is 5.56 Å². The zero-order valence-electron chi connectivity index (χ0n) is 10.8. The first-order valence-electron chi connectivity index (χ1n) is 6.18. The molecule has 0 saturated heterocycles. The van der Waals surface area contributed by atoms with Crippen LogP contribution < -0.4 is 5.43 Å². The molecule has 0 unspecified atom stereocenters. The minimum atomic E-state index is -0.913. The summed E-state index contributed by atoms with van der Waals surface area (Å²) in [6.07, 6.45) is 3.03. The summed E-state index contributed by atoms with van der Waals surface area (Å²) < 4.78 is 25.9. The van der Waals surface area contributed by atoms with E-state index in [4.69, 9.17) is 0 Å². The van der Waals surface area contributed by atoms with Crippen LogP contribution >= 0.6 is 0 Å². The molecule has 3 rings (SSSR count). The standard InChI is InChI=1S/C15H10F2N4/c16-13-6-5-10(7-14(13)17)8-18-20-15-12-4-2-1-3-11(12)9-19-21-15/h1-9H,(H,20,21). The molecule has 0 radical (unpaired) electrons. The van der Waals surface area contributed by atoms with E-state index in [1.165, 1.54) is 12.3 Å². The summed E-state index contributed by atoms with van der Waals surface area (Å²) in [4.78, 5) is 0. The Bertz CT molecular complexity index is 812. The van der Waals surface area contributed by atoms with E-state index in [-0.39, 0.29) is 0 Å². The average Bonchev–Trinajstić information content (AvgIpc) is 2.51. The molecular weight excluding hydrogens is 274 g/mol. The third-order valence-electron chi connectivity index (χ3n) is 2.90. The van der Waals surface area contributed by atoms with Crippen molar-refractivity contribution in [3.05, 3.63) is 65.9 Å². The Hall–Kier alpha value is -2.89. The summed E-state index contributed by atoms with van der Waals surface area (Å²) in [5, 5.41) is 13.6. The fourth-order valence-corrected chi connectivity index (χ4v) is 1.87. The van der Waals surface area contributed by atoms with Crippen molar-refractivity contribution in [2.45, 2.75) is 0 Å². The van der Waals surface area contributed by atoms with E-state index in [1.807, 2.05) is 24.3 Å². The van der Waals surface area contributed by atoms with Crippen LogP contribution in [0.25, 0.3) is 10.8 Å². The molecule has 0 aliphatic heterocycles. The third-order valence-corrected chi connectivity index (χ3v) is 2.90. The highest BCUT2D eigenvalue weighted by Crippen LogP contribution is 2.19. The van der Waals surface area contributed by atoms with Gasteiger partial charge in [-0.05, 0) is 17.7 Å². The first-order valence-corrected chi connectivity index (χ1v) is 6.18. The van der Waals surface area contributed by atoms with Gasteiger partial charge in [0.2, 0.25) is 0 Å². The lowest BCUT2D eigenvalue weighted by Gasteiger charge is -2.02. The van der Waals surface area contributed by atoms with Gasteiger partial charge in [0.1, 0.15) is 0 Å². The van der Waals surface area contributed by atoms with Gasteiger partial charge >= 0.3 is 0 Å². The highest BCUT2D eigenvalue weighted by atomic mass is 19.2. The zero-order chi connectivity index (χ0) is 14.7. The number of benzene rings is 2. The Morgan fingerprint density at radius 1 is 1.05 bits per heavy atom. The van der Waals surface area contributed by atoms with Gasteiger partial charge in [0, 0.05) is 10.8 Å². The Kier molecular flexibility index (Phi) is 3.51. The molecule has 1 aromatic heterocycles. The van der Waals surface area contributed by atoms with Crippen LogP contribution in [-0.2, 0) is 0 Å². The number of hydrogen-bond acceptors (Lipinski definition) is 4. The van der Waals surface area contributed by atoms with Crippen LogP contribution in [0.2, 0.25) is 0 Å². The molecule has 1 heterocycles. The normalized spacial score (nSPS) is 11.1. The van der Waals surface area contributed by atoms with Gasteiger partial charge in [0.15, 0.2) is 17.5 Å². The number of anilines is 1. The molecule has 0 spiro atoms. The predicted octanol–water partition coefficient (Wildman–Crippen LogP) is 3.35. The first-order chi connectivity index (χ1) is 10.2. The molecule has 6 heteroatoms. The summed E-state index contributed by atoms with van der Waals surface area (Å²) in [6, 6.07) is 11.1. The number of rotatable bonds is 3. The van der Waals surface area contributed by atoms with Gasteiger partial charge in [-0.15, -0.1) is 5.10 Å². The Morgan fingerprint density at radius 2 is 1.90 bits per heavy atom. The molecule has 0 fully saturated rings. The van der Waals surface area contributed by atoms with Gasteiger partial charge in [-0.3, -0.25) is 5.43 Å². The summed E-state index contributed by atoms with van der Waals surface area (Å²) in [6.45, 7) is 0. The zero-order valence-corrected chi connectivity index (χ0v) is 10.8. The summed E-state index contributed by atoms with van der Waals surface area (Å²) in [5.74, 6) is -1.31. The quantitative estimate of drug-likeness (QED) is 0.592. The average molecular weight is 284 g/mol. The van der Waals surface area contributed by atoms with E-state index in [0.29, 0.717) is 11.4 Å². The minimum Gasteiger partial charge on any atom is -0.259 e. The molecule has 0 aliphatic rings. The van der Waals surface area contributed by atoms with Gasteiger partial charge in [-0.2, -0.15) is 10.2 Å². The van der Waals surface area contributed by atoms with Crippen molar-refractivity contribution in [2.24, 2.45) is 5.10 Å². The van der Waals surface area contributed by atoms with Gasteiger partial charge in [-0.1, -0.05) is 30.3 Å². The maximum atomic E-state index is 13.1. The van der Waals surface area contributed by atoms with Gasteiger partial charge in [0.25, 0.3) is 0 Å². The number of nitrogens with zero attached hydrogens (tertiary/aromatic N) is 3. The smallest absolute Gasteiger partial charge is 0.176 e. The molecule has 0 bridgehead atoms. The number of nitrogens with one attached hydrogen (secondary N) is 1. The van der Waals surface area contributed by atoms with Crippen LogP contribution in [0.5, 0.6) is 0 Å². The number of halogens is 2. The van der Waals surface area contributed by atoms with Crippen LogP contribution in [-0.4, -0.2) is 16.4 Å². The van der Waals surface area contributed by atoms with E-state index in [9.17, 15) is 8.78 Å². The second-order valence-corrected chi connectivity index (χ2v) is 4.32. The highest BCUT2D eigenvalue weighted by Gasteiger charge is 2.02. The summed E-state index contributed by atoms with van der Waals surface area (Å²) >= 11 is 0. The van der Waals surface area contributed by atoms with Gasteiger partial charge in [0.05, 0.1) is 12.4 Å². The molecule has 0 aliphatic carbocycles. The molecule has 3 aromatic rings. The maximum Gasteiger partial charge on any atom is 0.176 e. The molecule has 21 heavy (non-hydrogen) atoms. The number of hydrazone groups is 1. The minimum absolute atomic E-state index is 0.439. The van der Waals surface area contributed by atoms with Crippen molar-refractivity contribution >= 4 is 22.8 Å². The lowest BCUT2D eigenvalue weighted by molar-refractivity contribution is 0.508. The molecular formula is C15H10F2N4. The van der Waals surface area contributed by atoms with Crippen LogP contribution in [0, 0.1) is 11.6 Å². The first kappa shape index (κ1) is 13.1. The number of hydrogen-bond donors (Lipinski definition) is 1. The van der Waals surface area contributed by atoms with E-state index < -0.39 is 11.6 Å². The lowest BCUT2D eigenvalue weighted by atomic mass is 10.2. The monoisotopic (exact) mass is 284 g/mol. The van der Waals surface area contributed by atoms with E-state index >= 15 is 0 Å². The van der Waals surface area contributed by atoms with Crippen LogP contribution in [0.4, 0.5) is 14.6 Å². The topological polar surface area (TPSA) is 50.2 Å². The van der Waals surface area contributed by atoms with Gasteiger partial charge in [-0.25, -0.2) is 8.78 Å². The van der Waals surface area contributed by atoms with Crippen LogP contribution in [0.3, 0.4) is 0 Å². The molecule has 1 N–H and O–H groups in total. The largest absolute Gasteiger partial charge is 0.259 e. The lowest BCUT2D eigenvalue weighted by Crippen LogP contribution is -1.97. The van der Waals surface area contributed by atoms with E-state index in [2.05, 4.69) is 20.7 Å². The summed E-state index contributed by atoms with van der Waals surface area (Å²) in [5.41, 5.74) is 3.19. The molecule has 104 valence electrons. The SMILES string of the molecule is Fc1ccc(C=NNc2nncc3ccccc23)cc1F. The van der Waals surface area contributed by atoms with Crippen molar-refractivity contribution in [1.29, 1.82) is 0 Å². The second kappa shape index (κ2) is 5.62. The molecule has 0 amide bonds. The summed E-state index contributed by atoms with van der Waals surface area (Å²) in [7, 11) is 0. The van der Waals surface area contributed by atoms with Crippen molar-refractivity contribution in [1.82, 2.24) is 10.2 Å². The van der Waals surface area contributed by atoms with Crippen molar-refractivity contribution in [2.75, 3.05) is 5.43 Å². The highest BCUT2D eigenvalue weighted by molar-refractivity contribution is 5.91. The molecule has 0 saturated carbocycles. The van der Waals surface area contributed by atoms with Crippen molar-refractivity contribution in [3.8, 4) is 0 Å².